The summed E-state index contributed by atoms with van der Waals surface area (Å²) in [4.78, 5) is 1.38. The maximum atomic E-state index is 12.6. The van der Waals surface area contributed by atoms with Crippen molar-refractivity contribution >= 4 is 0 Å². The van der Waals surface area contributed by atoms with Crippen LogP contribution in [0.1, 0.15) is 38.5 Å². The molecule has 0 bridgehead atoms. The Bertz CT molecular complexity index is 402. The van der Waals surface area contributed by atoms with Crippen molar-refractivity contribution in [1.82, 2.24) is 10.2 Å². The number of hydrogen-bond acceptors (Lipinski definition) is 3. The Hall–Kier alpha value is -1.01. The summed E-state index contributed by atoms with van der Waals surface area (Å²) < 4.78 is 43.1. The topological polar surface area (TPSA) is 28.4 Å². The summed E-state index contributed by atoms with van der Waals surface area (Å²) in [5, 5.41) is 3.28. The van der Waals surface area contributed by atoms with E-state index in [1.54, 1.807) is 6.26 Å². The molecule has 3 nitrogen and oxygen atoms in total. The van der Waals surface area contributed by atoms with E-state index in [-0.39, 0.29) is 6.54 Å². The SMILES string of the molecule is CCCN(Cc1occc1CNCC(C)C)CC(F)(F)F. The summed E-state index contributed by atoms with van der Waals surface area (Å²) in [6, 6.07) is 1.82. The summed E-state index contributed by atoms with van der Waals surface area (Å²) in [6.07, 6.45) is -1.96. The van der Waals surface area contributed by atoms with Crippen molar-refractivity contribution in [2.75, 3.05) is 19.6 Å². The molecule has 0 aromatic carbocycles. The van der Waals surface area contributed by atoms with Crippen molar-refractivity contribution in [3.05, 3.63) is 23.7 Å². The van der Waals surface area contributed by atoms with Gasteiger partial charge in [-0.1, -0.05) is 20.8 Å². The third-order valence-corrected chi connectivity index (χ3v) is 3.02. The Labute approximate surface area is 124 Å². The maximum absolute atomic E-state index is 12.6. The van der Waals surface area contributed by atoms with Gasteiger partial charge in [-0.2, -0.15) is 13.2 Å². The first kappa shape index (κ1) is 18.0. The lowest BCUT2D eigenvalue weighted by atomic mass is 10.2. The molecule has 21 heavy (non-hydrogen) atoms. The van der Waals surface area contributed by atoms with Gasteiger partial charge < -0.3 is 9.73 Å². The zero-order valence-electron chi connectivity index (χ0n) is 13.0. The molecule has 1 aromatic rings. The van der Waals surface area contributed by atoms with Crippen LogP contribution in [-0.4, -0.2) is 30.7 Å². The number of hydrogen-bond donors (Lipinski definition) is 1. The second-order valence-electron chi connectivity index (χ2n) is 5.72. The largest absolute Gasteiger partial charge is 0.468 e. The Kier molecular flexibility index (Phi) is 7.25. The monoisotopic (exact) mass is 306 g/mol. The zero-order chi connectivity index (χ0) is 15.9. The summed E-state index contributed by atoms with van der Waals surface area (Å²) in [6.45, 7) is 7.27. The highest BCUT2D eigenvalue weighted by Gasteiger charge is 2.30. The smallest absolute Gasteiger partial charge is 0.401 e. The summed E-state index contributed by atoms with van der Waals surface area (Å²) in [5.74, 6) is 1.14. The van der Waals surface area contributed by atoms with Crippen LogP contribution in [0, 0.1) is 5.92 Å². The van der Waals surface area contributed by atoms with Crippen LogP contribution in [0.2, 0.25) is 0 Å². The second-order valence-corrected chi connectivity index (χ2v) is 5.72. The first-order valence-corrected chi connectivity index (χ1v) is 7.37. The lowest BCUT2D eigenvalue weighted by molar-refractivity contribution is -0.147. The van der Waals surface area contributed by atoms with Gasteiger partial charge in [-0.25, -0.2) is 0 Å². The minimum atomic E-state index is -4.18. The predicted molar refractivity (Wildman–Crippen MR) is 76.9 cm³/mol. The molecule has 1 rings (SSSR count). The molecule has 0 unspecified atom stereocenters. The molecule has 1 heterocycles. The number of halogens is 3. The van der Waals surface area contributed by atoms with Gasteiger partial charge in [-0.3, -0.25) is 4.90 Å². The normalized spacial score (nSPS) is 12.6. The molecule has 1 aromatic heterocycles. The molecule has 0 saturated carbocycles. The molecular formula is C15H25F3N2O. The molecule has 0 aliphatic rings. The van der Waals surface area contributed by atoms with Crippen molar-refractivity contribution in [3.8, 4) is 0 Å². The molecule has 0 amide bonds. The van der Waals surface area contributed by atoms with Gasteiger partial charge in [0.15, 0.2) is 0 Å². The molecule has 122 valence electrons. The molecular weight excluding hydrogens is 281 g/mol. The van der Waals surface area contributed by atoms with E-state index < -0.39 is 12.7 Å². The van der Waals surface area contributed by atoms with Gasteiger partial charge in [0.2, 0.25) is 0 Å². The molecule has 6 heteroatoms. The lowest BCUT2D eigenvalue weighted by Gasteiger charge is -2.22. The Balaban J connectivity index is 2.60. The number of furan rings is 1. The lowest BCUT2D eigenvalue weighted by Crippen LogP contribution is -2.34. The quantitative estimate of drug-likeness (QED) is 0.752. The Morgan fingerprint density at radius 1 is 1.33 bits per heavy atom. The van der Waals surface area contributed by atoms with Gasteiger partial charge >= 0.3 is 6.18 Å². The average molecular weight is 306 g/mol. The van der Waals surface area contributed by atoms with Gasteiger partial charge in [-0.15, -0.1) is 0 Å². The minimum absolute atomic E-state index is 0.193. The average Bonchev–Trinajstić information content (AvgIpc) is 2.74. The molecule has 0 spiro atoms. The van der Waals surface area contributed by atoms with Gasteiger partial charge in [0, 0.05) is 12.1 Å². The van der Waals surface area contributed by atoms with E-state index in [4.69, 9.17) is 4.42 Å². The maximum Gasteiger partial charge on any atom is 0.401 e. The van der Waals surface area contributed by atoms with Crippen molar-refractivity contribution in [2.45, 2.75) is 46.5 Å². The van der Waals surface area contributed by atoms with E-state index in [0.29, 0.717) is 31.2 Å². The van der Waals surface area contributed by atoms with Crippen LogP contribution in [0.4, 0.5) is 13.2 Å². The van der Waals surface area contributed by atoms with Gasteiger partial charge in [-0.05, 0) is 31.5 Å². The number of nitrogens with one attached hydrogen (secondary N) is 1. The van der Waals surface area contributed by atoms with Crippen LogP contribution in [0.5, 0.6) is 0 Å². The highest BCUT2D eigenvalue weighted by Crippen LogP contribution is 2.20. The van der Waals surface area contributed by atoms with Crippen molar-refractivity contribution in [3.63, 3.8) is 0 Å². The fourth-order valence-electron chi connectivity index (χ4n) is 2.15. The number of rotatable bonds is 9. The standard InChI is InChI=1S/C15H25F3N2O/c1-4-6-20(11-15(16,17)18)10-14-13(5-7-21-14)9-19-8-12(2)3/h5,7,12,19H,4,6,8-11H2,1-3H3. The van der Waals surface area contributed by atoms with Gasteiger partial charge in [0.05, 0.1) is 19.4 Å². The summed E-state index contributed by atoms with van der Waals surface area (Å²) >= 11 is 0. The highest BCUT2D eigenvalue weighted by atomic mass is 19.4. The summed E-state index contributed by atoms with van der Waals surface area (Å²) in [5.41, 5.74) is 0.930. The third-order valence-electron chi connectivity index (χ3n) is 3.02. The Morgan fingerprint density at radius 2 is 2.05 bits per heavy atom. The van der Waals surface area contributed by atoms with Crippen LogP contribution in [0.15, 0.2) is 16.7 Å². The van der Waals surface area contributed by atoms with E-state index in [2.05, 4.69) is 19.2 Å². The van der Waals surface area contributed by atoms with Gasteiger partial charge in [0.25, 0.3) is 0 Å². The predicted octanol–water partition coefficient (Wildman–Crippen LogP) is 3.80. The van der Waals surface area contributed by atoms with Crippen LogP contribution < -0.4 is 5.32 Å². The molecule has 0 aliphatic heterocycles. The van der Waals surface area contributed by atoms with E-state index in [0.717, 1.165) is 12.1 Å². The molecule has 0 radical (unpaired) electrons. The fraction of sp³-hybridized carbons (Fsp3) is 0.733. The minimum Gasteiger partial charge on any atom is -0.468 e. The molecule has 0 fully saturated rings. The van der Waals surface area contributed by atoms with E-state index in [9.17, 15) is 13.2 Å². The van der Waals surface area contributed by atoms with Crippen molar-refractivity contribution < 1.29 is 17.6 Å². The molecule has 0 aliphatic carbocycles. The highest BCUT2D eigenvalue weighted by molar-refractivity contribution is 5.16. The van der Waals surface area contributed by atoms with E-state index in [1.807, 2.05) is 13.0 Å². The Morgan fingerprint density at radius 3 is 2.62 bits per heavy atom. The molecule has 1 N–H and O–H groups in total. The van der Waals surface area contributed by atoms with Gasteiger partial charge in [0.1, 0.15) is 5.76 Å². The van der Waals surface area contributed by atoms with Crippen LogP contribution >= 0.6 is 0 Å². The number of alkyl halides is 3. The van der Waals surface area contributed by atoms with Crippen molar-refractivity contribution in [1.29, 1.82) is 0 Å². The first-order chi connectivity index (χ1) is 9.81. The van der Waals surface area contributed by atoms with Crippen LogP contribution in [0.25, 0.3) is 0 Å². The second kappa shape index (κ2) is 8.44. The number of nitrogens with zero attached hydrogens (tertiary/aromatic N) is 1. The van der Waals surface area contributed by atoms with Crippen LogP contribution in [0.3, 0.4) is 0 Å². The van der Waals surface area contributed by atoms with Crippen molar-refractivity contribution in [2.24, 2.45) is 5.92 Å². The van der Waals surface area contributed by atoms with Crippen LogP contribution in [-0.2, 0) is 13.1 Å². The van der Waals surface area contributed by atoms with E-state index >= 15 is 0 Å². The van der Waals surface area contributed by atoms with E-state index in [1.165, 1.54) is 4.90 Å². The first-order valence-electron chi connectivity index (χ1n) is 7.37. The zero-order valence-corrected chi connectivity index (χ0v) is 13.0. The third kappa shape index (κ3) is 7.52. The fourth-order valence-corrected chi connectivity index (χ4v) is 2.15. The molecule has 0 atom stereocenters. The summed E-state index contributed by atoms with van der Waals surface area (Å²) in [7, 11) is 0. The molecule has 0 saturated heterocycles.